The molecule has 5 heteroatoms. The van der Waals surface area contributed by atoms with Gasteiger partial charge in [-0.2, -0.15) is 0 Å². The molecule has 0 N–H and O–H groups in total. The Kier molecular flexibility index (Phi) is 2.69. The summed E-state index contributed by atoms with van der Waals surface area (Å²) in [5.74, 6) is -0.553. The van der Waals surface area contributed by atoms with Gasteiger partial charge < -0.3 is 4.74 Å². The van der Waals surface area contributed by atoms with E-state index in [0.717, 1.165) is 0 Å². The van der Waals surface area contributed by atoms with Crippen LogP contribution < -0.4 is 0 Å². The van der Waals surface area contributed by atoms with Gasteiger partial charge in [-0.25, -0.2) is 14.8 Å². The lowest BCUT2D eigenvalue weighted by Gasteiger charge is -2.01. The van der Waals surface area contributed by atoms with E-state index in [0.29, 0.717) is 12.0 Å². The fourth-order valence-corrected chi connectivity index (χ4v) is 0.853. The van der Waals surface area contributed by atoms with Gasteiger partial charge in [0.2, 0.25) is 0 Å². The number of aromatic nitrogens is 2. The van der Waals surface area contributed by atoms with Gasteiger partial charge in [0.05, 0.1) is 19.0 Å². The number of ether oxygens (including phenoxy) is 1. The van der Waals surface area contributed by atoms with E-state index in [2.05, 4.69) is 14.7 Å². The molecule has 5 nitrogen and oxygen atoms in total. The van der Waals surface area contributed by atoms with E-state index in [9.17, 15) is 9.59 Å². The quantitative estimate of drug-likeness (QED) is 0.486. The van der Waals surface area contributed by atoms with Crippen molar-refractivity contribution in [2.45, 2.75) is 6.92 Å². The predicted octanol–water partition coefficient (Wildman–Crippen LogP) is 0.384. The number of aldehydes is 1. The Labute approximate surface area is 74.8 Å². The molecule has 0 fully saturated rings. The average molecular weight is 180 g/mol. The third-order valence-corrected chi connectivity index (χ3v) is 1.46. The molecule has 1 heterocycles. The largest absolute Gasteiger partial charge is 0.464 e. The van der Waals surface area contributed by atoms with Gasteiger partial charge >= 0.3 is 5.97 Å². The molecule has 0 saturated heterocycles. The van der Waals surface area contributed by atoms with Gasteiger partial charge in [-0.05, 0) is 6.92 Å². The van der Waals surface area contributed by atoms with Crippen LogP contribution in [0.5, 0.6) is 0 Å². The number of methoxy groups -OCH3 is 1. The van der Waals surface area contributed by atoms with Crippen molar-refractivity contribution in [1.82, 2.24) is 9.97 Å². The van der Waals surface area contributed by atoms with Gasteiger partial charge in [0.15, 0.2) is 12.0 Å². The average Bonchev–Trinajstić information content (AvgIpc) is 2.16. The molecule has 0 radical (unpaired) electrons. The van der Waals surface area contributed by atoms with Crippen molar-refractivity contribution in [1.29, 1.82) is 0 Å². The normalized spacial score (nSPS) is 9.38. The van der Waals surface area contributed by atoms with Gasteiger partial charge in [-0.1, -0.05) is 0 Å². The van der Waals surface area contributed by atoms with Crippen molar-refractivity contribution < 1.29 is 14.3 Å². The first kappa shape index (κ1) is 9.31. The van der Waals surface area contributed by atoms with Crippen LogP contribution in [0.15, 0.2) is 6.20 Å². The lowest BCUT2D eigenvalue weighted by atomic mass is 10.3. The van der Waals surface area contributed by atoms with Gasteiger partial charge in [-0.3, -0.25) is 4.79 Å². The minimum absolute atomic E-state index is 0.133. The van der Waals surface area contributed by atoms with Crippen LogP contribution in [0, 0.1) is 6.92 Å². The number of hydrogen-bond donors (Lipinski definition) is 0. The SMILES string of the molecule is COC(=O)c1ncc(C=O)nc1C. The highest BCUT2D eigenvalue weighted by atomic mass is 16.5. The molecule has 0 unspecified atom stereocenters. The molecule has 1 aromatic rings. The molecular formula is C8H8N2O3. The summed E-state index contributed by atoms with van der Waals surface area (Å²) in [7, 11) is 1.26. The Morgan fingerprint density at radius 3 is 2.77 bits per heavy atom. The summed E-state index contributed by atoms with van der Waals surface area (Å²) in [4.78, 5) is 28.9. The van der Waals surface area contributed by atoms with Crippen LogP contribution in [0.3, 0.4) is 0 Å². The zero-order valence-electron chi connectivity index (χ0n) is 7.27. The summed E-state index contributed by atoms with van der Waals surface area (Å²) in [6.45, 7) is 1.59. The molecule has 0 aliphatic carbocycles. The van der Waals surface area contributed by atoms with E-state index in [4.69, 9.17) is 0 Å². The van der Waals surface area contributed by atoms with Gasteiger partial charge in [0.1, 0.15) is 5.69 Å². The second-order valence-corrected chi connectivity index (χ2v) is 2.34. The molecule has 0 aromatic carbocycles. The molecule has 1 rings (SSSR count). The van der Waals surface area contributed by atoms with Crippen molar-refractivity contribution in [3.63, 3.8) is 0 Å². The molecule has 68 valence electrons. The number of nitrogens with zero attached hydrogens (tertiary/aromatic N) is 2. The summed E-state index contributed by atoms with van der Waals surface area (Å²) in [6, 6.07) is 0. The molecule has 0 aliphatic rings. The third kappa shape index (κ3) is 1.87. The van der Waals surface area contributed by atoms with Crippen LogP contribution in [0.1, 0.15) is 26.7 Å². The van der Waals surface area contributed by atoms with E-state index in [1.54, 1.807) is 6.92 Å². The molecule has 0 spiro atoms. The Bertz CT molecular complexity index is 349. The maximum absolute atomic E-state index is 11.0. The highest BCUT2D eigenvalue weighted by molar-refractivity contribution is 5.88. The molecule has 1 aromatic heterocycles. The van der Waals surface area contributed by atoms with E-state index in [1.807, 2.05) is 0 Å². The van der Waals surface area contributed by atoms with Crippen LogP contribution in [0.2, 0.25) is 0 Å². The van der Waals surface area contributed by atoms with Crippen molar-refractivity contribution in [2.75, 3.05) is 7.11 Å². The Morgan fingerprint density at radius 1 is 1.62 bits per heavy atom. The maximum Gasteiger partial charge on any atom is 0.358 e. The van der Waals surface area contributed by atoms with Crippen LogP contribution in [0.4, 0.5) is 0 Å². The van der Waals surface area contributed by atoms with Crippen molar-refractivity contribution in [2.24, 2.45) is 0 Å². The Hall–Kier alpha value is -1.78. The standard InChI is InChI=1S/C8H8N2O3/c1-5-7(8(12)13-2)9-3-6(4-11)10-5/h3-4H,1-2H3. The number of hydrogen-bond acceptors (Lipinski definition) is 5. The second kappa shape index (κ2) is 3.75. The van der Waals surface area contributed by atoms with Crippen molar-refractivity contribution >= 4 is 12.3 Å². The van der Waals surface area contributed by atoms with E-state index in [1.165, 1.54) is 13.3 Å². The first-order chi connectivity index (χ1) is 6.19. The lowest BCUT2D eigenvalue weighted by molar-refractivity contribution is 0.0592. The van der Waals surface area contributed by atoms with E-state index < -0.39 is 5.97 Å². The molecule has 0 atom stereocenters. The van der Waals surface area contributed by atoms with Gasteiger partial charge in [-0.15, -0.1) is 0 Å². The number of carbonyl (C=O) groups is 2. The van der Waals surface area contributed by atoms with E-state index in [-0.39, 0.29) is 11.4 Å². The zero-order valence-corrected chi connectivity index (χ0v) is 7.27. The Morgan fingerprint density at radius 2 is 2.31 bits per heavy atom. The molecule has 13 heavy (non-hydrogen) atoms. The number of carbonyl (C=O) groups excluding carboxylic acids is 2. The first-order valence-electron chi connectivity index (χ1n) is 3.56. The maximum atomic E-state index is 11.0. The van der Waals surface area contributed by atoms with E-state index >= 15 is 0 Å². The fraction of sp³-hybridized carbons (Fsp3) is 0.250. The molecule has 0 bridgehead atoms. The molecule has 0 saturated carbocycles. The van der Waals surface area contributed by atoms with Crippen molar-refractivity contribution in [3.05, 3.63) is 23.3 Å². The molecule has 0 aliphatic heterocycles. The third-order valence-electron chi connectivity index (χ3n) is 1.46. The summed E-state index contributed by atoms with van der Waals surface area (Å²) in [5.41, 5.74) is 0.717. The minimum Gasteiger partial charge on any atom is -0.464 e. The minimum atomic E-state index is -0.553. The smallest absolute Gasteiger partial charge is 0.358 e. The number of aryl methyl sites for hydroxylation is 1. The summed E-state index contributed by atoms with van der Waals surface area (Å²) >= 11 is 0. The summed E-state index contributed by atoms with van der Waals surface area (Å²) in [6.07, 6.45) is 1.80. The monoisotopic (exact) mass is 180 g/mol. The molecular weight excluding hydrogens is 172 g/mol. The van der Waals surface area contributed by atoms with Crippen LogP contribution in [-0.4, -0.2) is 29.3 Å². The lowest BCUT2D eigenvalue weighted by Crippen LogP contribution is -2.09. The summed E-state index contributed by atoms with van der Waals surface area (Å²) in [5, 5.41) is 0. The highest BCUT2D eigenvalue weighted by Gasteiger charge is 2.11. The Balaban J connectivity index is 3.12. The molecule has 0 amide bonds. The summed E-state index contributed by atoms with van der Waals surface area (Å²) < 4.78 is 4.46. The topological polar surface area (TPSA) is 69.2 Å². The number of rotatable bonds is 2. The van der Waals surface area contributed by atoms with Gasteiger partial charge in [0, 0.05) is 0 Å². The van der Waals surface area contributed by atoms with Crippen molar-refractivity contribution in [3.8, 4) is 0 Å². The van der Waals surface area contributed by atoms with Crippen LogP contribution in [0.25, 0.3) is 0 Å². The zero-order chi connectivity index (χ0) is 9.84. The first-order valence-corrected chi connectivity index (χ1v) is 3.56. The van der Waals surface area contributed by atoms with Crippen LogP contribution >= 0.6 is 0 Å². The predicted molar refractivity (Wildman–Crippen MR) is 43.5 cm³/mol. The number of esters is 1. The highest BCUT2D eigenvalue weighted by Crippen LogP contribution is 2.02. The second-order valence-electron chi connectivity index (χ2n) is 2.34. The fourth-order valence-electron chi connectivity index (χ4n) is 0.853. The van der Waals surface area contributed by atoms with Gasteiger partial charge in [0.25, 0.3) is 0 Å². The van der Waals surface area contributed by atoms with Crippen LogP contribution in [-0.2, 0) is 4.74 Å².